The Hall–Kier alpha value is 0.310. The van der Waals surface area contributed by atoms with Crippen LogP contribution in [0.4, 0.5) is 0 Å². The van der Waals surface area contributed by atoms with E-state index in [1.807, 2.05) is 6.92 Å². The molecule has 1 unspecified atom stereocenters. The SMILES string of the molecule is CC(S)O[C@@H](C)C1CC1. The summed E-state index contributed by atoms with van der Waals surface area (Å²) in [6, 6.07) is 0. The highest BCUT2D eigenvalue weighted by atomic mass is 32.1. The molecule has 1 aliphatic carbocycles. The quantitative estimate of drug-likeness (QED) is 0.474. The van der Waals surface area contributed by atoms with E-state index in [9.17, 15) is 0 Å². The van der Waals surface area contributed by atoms with Crippen LogP contribution in [0.1, 0.15) is 26.7 Å². The molecule has 0 radical (unpaired) electrons. The first-order chi connectivity index (χ1) is 4.20. The van der Waals surface area contributed by atoms with Crippen LogP contribution in [0.3, 0.4) is 0 Å². The van der Waals surface area contributed by atoms with Gasteiger partial charge < -0.3 is 4.74 Å². The smallest absolute Gasteiger partial charge is 0.0975 e. The maximum Gasteiger partial charge on any atom is 0.0975 e. The van der Waals surface area contributed by atoms with Crippen molar-refractivity contribution in [2.24, 2.45) is 5.92 Å². The van der Waals surface area contributed by atoms with Gasteiger partial charge in [-0.05, 0) is 32.6 Å². The molecule has 0 amide bonds. The number of hydrogen-bond acceptors (Lipinski definition) is 2. The zero-order valence-corrected chi connectivity index (χ0v) is 6.90. The maximum absolute atomic E-state index is 5.44. The highest BCUT2D eigenvalue weighted by Crippen LogP contribution is 2.34. The predicted octanol–water partition coefficient (Wildman–Crippen LogP) is 2.08. The lowest BCUT2D eigenvalue weighted by atomic mass is 10.3. The first kappa shape index (κ1) is 7.42. The Kier molecular flexibility index (Phi) is 2.42. The molecule has 1 saturated carbocycles. The average Bonchev–Trinajstić information content (AvgIpc) is 2.40. The third-order valence-corrected chi connectivity index (χ3v) is 1.82. The molecule has 2 heteroatoms. The molecule has 1 aliphatic rings. The third kappa shape index (κ3) is 2.59. The molecule has 1 rings (SSSR count). The molecule has 1 nitrogen and oxygen atoms in total. The van der Waals surface area contributed by atoms with Crippen LogP contribution in [0.25, 0.3) is 0 Å². The summed E-state index contributed by atoms with van der Waals surface area (Å²) in [4.78, 5) is 0. The molecule has 0 saturated heterocycles. The molecule has 54 valence electrons. The van der Waals surface area contributed by atoms with Crippen LogP contribution in [0.5, 0.6) is 0 Å². The van der Waals surface area contributed by atoms with Gasteiger partial charge in [0, 0.05) is 0 Å². The molecule has 0 spiro atoms. The molecule has 0 heterocycles. The topological polar surface area (TPSA) is 9.23 Å². The zero-order chi connectivity index (χ0) is 6.85. The van der Waals surface area contributed by atoms with E-state index in [4.69, 9.17) is 4.74 Å². The molecule has 2 atom stereocenters. The van der Waals surface area contributed by atoms with Crippen molar-refractivity contribution in [1.82, 2.24) is 0 Å². The van der Waals surface area contributed by atoms with Gasteiger partial charge in [0.2, 0.25) is 0 Å². The van der Waals surface area contributed by atoms with E-state index in [1.54, 1.807) is 0 Å². The summed E-state index contributed by atoms with van der Waals surface area (Å²) >= 11 is 4.14. The van der Waals surface area contributed by atoms with Crippen LogP contribution in [-0.2, 0) is 4.74 Å². The lowest BCUT2D eigenvalue weighted by molar-refractivity contribution is 0.0431. The monoisotopic (exact) mass is 146 g/mol. The fraction of sp³-hybridized carbons (Fsp3) is 1.00. The second kappa shape index (κ2) is 2.93. The van der Waals surface area contributed by atoms with Crippen LogP contribution in [0.2, 0.25) is 0 Å². The van der Waals surface area contributed by atoms with E-state index >= 15 is 0 Å². The van der Waals surface area contributed by atoms with Crippen molar-refractivity contribution in [3.8, 4) is 0 Å². The molecular formula is C7H14OS. The van der Waals surface area contributed by atoms with Crippen molar-refractivity contribution in [3.05, 3.63) is 0 Å². The molecule has 0 aliphatic heterocycles. The minimum atomic E-state index is 0.0978. The van der Waals surface area contributed by atoms with Gasteiger partial charge in [0.1, 0.15) is 0 Å². The molecule has 1 fully saturated rings. The Balaban J connectivity index is 2.10. The van der Waals surface area contributed by atoms with Crippen molar-refractivity contribution in [1.29, 1.82) is 0 Å². The van der Waals surface area contributed by atoms with Crippen LogP contribution in [0, 0.1) is 5.92 Å². The summed E-state index contributed by atoms with van der Waals surface area (Å²) in [6.45, 7) is 4.09. The fourth-order valence-electron chi connectivity index (χ4n) is 0.987. The minimum absolute atomic E-state index is 0.0978. The largest absolute Gasteiger partial charge is 0.365 e. The number of rotatable bonds is 3. The molecule has 0 bridgehead atoms. The summed E-state index contributed by atoms with van der Waals surface area (Å²) < 4.78 is 5.44. The van der Waals surface area contributed by atoms with Gasteiger partial charge in [-0.1, -0.05) is 0 Å². The average molecular weight is 146 g/mol. The number of hydrogen-bond donors (Lipinski definition) is 1. The first-order valence-electron chi connectivity index (χ1n) is 3.53. The van der Waals surface area contributed by atoms with Crippen LogP contribution in [-0.4, -0.2) is 11.5 Å². The lowest BCUT2D eigenvalue weighted by Crippen LogP contribution is -2.14. The van der Waals surface area contributed by atoms with Gasteiger partial charge in [-0.25, -0.2) is 0 Å². The van der Waals surface area contributed by atoms with Crippen LogP contribution < -0.4 is 0 Å². The summed E-state index contributed by atoms with van der Waals surface area (Å²) in [5.74, 6) is 0.833. The van der Waals surface area contributed by atoms with Crippen molar-refractivity contribution in [2.75, 3.05) is 0 Å². The Bertz CT molecular complexity index is 88.9. The van der Waals surface area contributed by atoms with Gasteiger partial charge in [0.05, 0.1) is 11.5 Å². The summed E-state index contributed by atoms with van der Waals surface area (Å²) in [6.07, 6.45) is 3.13. The van der Waals surface area contributed by atoms with E-state index in [-0.39, 0.29) is 5.44 Å². The zero-order valence-electron chi connectivity index (χ0n) is 6.00. The van der Waals surface area contributed by atoms with Gasteiger partial charge in [-0.15, -0.1) is 12.6 Å². The van der Waals surface area contributed by atoms with Gasteiger partial charge in [-0.3, -0.25) is 0 Å². The van der Waals surface area contributed by atoms with Crippen LogP contribution >= 0.6 is 12.6 Å². The van der Waals surface area contributed by atoms with E-state index in [2.05, 4.69) is 19.6 Å². The standard InChI is InChI=1S/C7H14OS/c1-5(7-3-4-7)8-6(2)9/h5-7,9H,3-4H2,1-2H3/t5-,6?/m0/s1. The normalized spacial score (nSPS) is 25.7. The molecular weight excluding hydrogens is 132 g/mol. The number of ether oxygens (including phenoxy) is 1. The number of thiol groups is 1. The minimum Gasteiger partial charge on any atom is -0.365 e. The summed E-state index contributed by atoms with van der Waals surface area (Å²) in [5, 5.41) is 0. The molecule has 0 aromatic rings. The van der Waals surface area contributed by atoms with Crippen LogP contribution in [0.15, 0.2) is 0 Å². The Morgan fingerprint density at radius 1 is 1.44 bits per heavy atom. The second-order valence-electron chi connectivity index (χ2n) is 2.78. The first-order valence-corrected chi connectivity index (χ1v) is 4.05. The maximum atomic E-state index is 5.44. The van der Waals surface area contributed by atoms with Gasteiger partial charge in [0.15, 0.2) is 0 Å². The molecule has 0 aromatic heterocycles. The summed E-state index contributed by atoms with van der Waals surface area (Å²) in [7, 11) is 0. The Morgan fingerprint density at radius 2 is 2.00 bits per heavy atom. The van der Waals surface area contributed by atoms with E-state index in [1.165, 1.54) is 12.8 Å². The third-order valence-electron chi connectivity index (χ3n) is 1.70. The van der Waals surface area contributed by atoms with E-state index < -0.39 is 0 Å². The van der Waals surface area contributed by atoms with Crippen molar-refractivity contribution in [2.45, 2.75) is 38.2 Å². The highest BCUT2D eigenvalue weighted by molar-refractivity contribution is 7.80. The Labute approximate surface area is 62.2 Å². The van der Waals surface area contributed by atoms with Crippen molar-refractivity contribution in [3.63, 3.8) is 0 Å². The lowest BCUT2D eigenvalue weighted by Gasteiger charge is -2.13. The van der Waals surface area contributed by atoms with E-state index in [0.717, 1.165) is 5.92 Å². The molecule has 0 N–H and O–H groups in total. The van der Waals surface area contributed by atoms with Gasteiger partial charge in [-0.2, -0.15) is 0 Å². The fourth-order valence-corrected chi connectivity index (χ4v) is 1.18. The van der Waals surface area contributed by atoms with Crippen molar-refractivity contribution < 1.29 is 4.74 Å². The highest BCUT2D eigenvalue weighted by Gasteiger charge is 2.28. The second-order valence-corrected chi connectivity index (χ2v) is 3.51. The predicted molar refractivity (Wildman–Crippen MR) is 41.7 cm³/mol. The molecule has 0 aromatic carbocycles. The van der Waals surface area contributed by atoms with E-state index in [0.29, 0.717) is 6.10 Å². The van der Waals surface area contributed by atoms with Crippen molar-refractivity contribution >= 4 is 12.6 Å². The van der Waals surface area contributed by atoms with Gasteiger partial charge in [0.25, 0.3) is 0 Å². The molecule has 9 heavy (non-hydrogen) atoms. The Morgan fingerprint density at radius 3 is 2.33 bits per heavy atom. The van der Waals surface area contributed by atoms with Gasteiger partial charge >= 0.3 is 0 Å². The summed E-state index contributed by atoms with van der Waals surface area (Å²) in [5.41, 5.74) is 0.0978.